The van der Waals surface area contributed by atoms with Gasteiger partial charge < -0.3 is 20.9 Å². The van der Waals surface area contributed by atoms with Crippen molar-refractivity contribution in [3.63, 3.8) is 0 Å². The van der Waals surface area contributed by atoms with Gasteiger partial charge in [0, 0.05) is 12.8 Å². The van der Waals surface area contributed by atoms with E-state index in [1.54, 1.807) is 10.9 Å². The van der Waals surface area contributed by atoms with Crippen LogP contribution < -0.4 is 11.1 Å². The number of nitrogens with zero attached hydrogens (tertiary/aromatic N) is 2. The molecule has 0 aliphatic carbocycles. The van der Waals surface area contributed by atoms with Crippen molar-refractivity contribution in [3.8, 4) is 0 Å². The molecule has 1 aliphatic heterocycles. The number of carbonyl (C=O) groups excluding carboxylic acids is 1. The molecule has 2 atom stereocenters. The Morgan fingerprint density at radius 2 is 2.45 bits per heavy atom. The van der Waals surface area contributed by atoms with Crippen LogP contribution in [-0.2, 0) is 20.9 Å². The average Bonchev–Trinajstić information content (AvgIpc) is 3.01. The van der Waals surface area contributed by atoms with Crippen LogP contribution in [0.1, 0.15) is 19.3 Å². The number of hydrogen-bond acceptors (Lipinski definition) is 5. The number of hydrogen-bond donors (Lipinski definition) is 3. The van der Waals surface area contributed by atoms with E-state index < -0.39 is 24.3 Å². The van der Waals surface area contributed by atoms with Crippen LogP contribution in [-0.4, -0.2) is 45.5 Å². The van der Waals surface area contributed by atoms with Crippen molar-refractivity contribution >= 4 is 17.6 Å². The smallest absolute Gasteiger partial charge is 0.305 e. The number of ether oxygens (including phenoxy) is 1. The first-order chi connectivity index (χ1) is 9.54. The summed E-state index contributed by atoms with van der Waals surface area (Å²) in [4.78, 5) is 22.1. The minimum Gasteiger partial charge on any atom is -0.481 e. The Morgan fingerprint density at radius 3 is 3.10 bits per heavy atom. The Hall–Kier alpha value is -1.93. The molecule has 0 bridgehead atoms. The average molecular weight is 282 g/mol. The number of carbonyl (C=O) groups is 2. The number of carboxylic acids is 1. The molecule has 0 spiro atoms. The second-order valence-electron chi connectivity index (χ2n) is 4.78. The molecule has 1 aromatic heterocycles. The molecule has 1 saturated heterocycles. The molecule has 8 nitrogen and oxygen atoms in total. The van der Waals surface area contributed by atoms with Crippen LogP contribution in [0.2, 0.25) is 0 Å². The maximum absolute atomic E-state index is 11.6. The molecule has 1 fully saturated rings. The van der Waals surface area contributed by atoms with Gasteiger partial charge in [-0.15, -0.1) is 0 Å². The molecular weight excluding hydrogens is 264 g/mol. The van der Waals surface area contributed by atoms with E-state index in [1.807, 2.05) is 0 Å². The van der Waals surface area contributed by atoms with Crippen LogP contribution in [0.3, 0.4) is 0 Å². The summed E-state index contributed by atoms with van der Waals surface area (Å²) in [7, 11) is 0. The summed E-state index contributed by atoms with van der Waals surface area (Å²) in [6.45, 7) is 1.41. The van der Waals surface area contributed by atoms with Crippen LogP contribution in [0.25, 0.3) is 0 Å². The molecular formula is C12H18N4O4. The zero-order valence-corrected chi connectivity index (χ0v) is 11.0. The first-order valence-electron chi connectivity index (χ1n) is 6.47. The molecule has 4 N–H and O–H groups in total. The van der Waals surface area contributed by atoms with Crippen LogP contribution in [0.15, 0.2) is 12.4 Å². The van der Waals surface area contributed by atoms with Gasteiger partial charge in [0.05, 0.1) is 37.0 Å². The molecule has 20 heavy (non-hydrogen) atoms. The number of aliphatic carboxylic acids is 1. The van der Waals surface area contributed by atoms with Crippen molar-refractivity contribution < 1.29 is 19.4 Å². The van der Waals surface area contributed by atoms with E-state index in [0.29, 0.717) is 12.2 Å². The van der Waals surface area contributed by atoms with Crippen molar-refractivity contribution in [2.24, 2.45) is 5.73 Å². The van der Waals surface area contributed by atoms with E-state index in [1.165, 1.54) is 6.20 Å². The van der Waals surface area contributed by atoms with Crippen molar-refractivity contribution in [2.75, 3.05) is 11.9 Å². The number of nitrogens with two attached hydrogens (primary N) is 1. The van der Waals surface area contributed by atoms with E-state index in [-0.39, 0.29) is 6.10 Å². The summed E-state index contributed by atoms with van der Waals surface area (Å²) in [5, 5.41) is 15.2. The van der Waals surface area contributed by atoms with Crippen molar-refractivity contribution in [3.05, 3.63) is 12.4 Å². The maximum atomic E-state index is 11.6. The highest BCUT2D eigenvalue weighted by Gasteiger charge is 2.19. The normalized spacial score (nSPS) is 19.8. The van der Waals surface area contributed by atoms with Crippen LogP contribution in [0.4, 0.5) is 5.69 Å². The van der Waals surface area contributed by atoms with Gasteiger partial charge >= 0.3 is 5.97 Å². The van der Waals surface area contributed by atoms with E-state index in [2.05, 4.69) is 10.4 Å². The maximum Gasteiger partial charge on any atom is 0.305 e. The second kappa shape index (κ2) is 6.49. The van der Waals surface area contributed by atoms with E-state index in [9.17, 15) is 9.59 Å². The molecule has 2 rings (SSSR count). The first-order valence-corrected chi connectivity index (χ1v) is 6.47. The van der Waals surface area contributed by atoms with Gasteiger partial charge in [-0.2, -0.15) is 5.10 Å². The summed E-state index contributed by atoms with van der Waals surface area (Å²) < 4.78 is 7.18. The highest BCUT2D eigenvalue weighted by molar-refractivity contribution is 5.96. The summed E-state index contributed by atoms with van der Waals surface area (Å²) in [5.41, 5.74) is 5.96. The summed E-state index contributed by atoms with van der Waals surface area (Å²) in [6.07, 6.45) is 4.99. The predicted molar refractivity (Wildman–Crippen MR) is 70.1 cm³/mol. The fraction of sp³-hybridized carbons (Fsp3) is 0.583. The van der Waals surface area contributed by atoms with E-state index in [0.717, 1.165) is 19.4 Å². The lowest BCUT2D eigenvalue weighted by atomic mass is 10.2. The molecule has 2 heterocycles. The summed E-state index contributed by atoms with van der Waals surface area (Å²) in [6, 6.07) is -1.07. The molecule has 1 amide bonds. The van der Waals surface area contributed by atoms with Crippen LogP contribution in [0.5, 0.6) is 0 Å². The van der Waals surface area contributed by atoms with Gasteiger partial charge in [0.2, 0.25) is 5.91 Å². The van der Waals surface area contributed by atoms with Crippen LogP contribution >= 0.6 is 0 Å². The minimum absolute atomic E-state index is 0.160. The van der Waals surface area contributed by atoms with Gasteiger partial charge in [-0.05, 0) is 12.8 Å². The second-order valence-corrected chi connectivity index (χ2v) is 4.78. The first kappa shape index (κ1) is 14.5. The van der Waals surface area contributed by atoms with E-state index in [4.69, 9.17) is 15.6 Å². The quantitative estimate of drug-likeness (QED) is 0.665. The Balaban J connectivity index is 1.85. The minimum atomic E-state index is -1.11. The highest BCUT2D eigenvalue weighted by atomic mass is 16.5. The molecule has 0 aromatic carbocycles. The number of carboxylic acid groups (broad SMARTS) is 1. The van der Waals surface area contributed by atoms with Gasteiger partial charge in [0.1, 0.15) is 0 Å². The zero-order chi connectivity index (χ0) is 14.5. The standard InChI is InChI=1S/C12H18N4O4/c13-10(4-11(17)18)12(19)15-8-5-14-16(6-8)7-9-2-1-3-20-9/h5-6,9-10H,1-4,7,13H2,(H,15,19)(H,17,18). The molecule has 2 unspecified atom stereocenters. The van der Waals surface area contributed by atoms with Gasteiger partial charge in [0.15, 0.2) is 0 Å². The van der Waals surface area contributed by atoms with Gasteiger partial charge in [-0.3, -0.25) is 14.3 Å². The van der Waals surface area contributed by atoms with Crippen LogP contribution in [0, 0.1) is 0 Å². The fourth-order valence-corrected chi connectivity index (χ4v) is 2.04. The largest absolute Gasteiger partial charge is 0.481 e. The van der Waals surface area contributed by atoms with Crippen molar-refractivity contribution in [1.82, 2.24) is 9.78 Å². The molecule has 0 saturated carbocycles. The number of aromatic nitrogens is 2. The highest BCUT2D eigenvalue weighted by Crippen LogP contribution is 2.15. The van der Waals surface area contributed by atoms with Crippen molar-refractivity contribution in [1.29, 1.82) is 0 Å². The lowest BCUT2D eigenvalue weighted by Crippen LogP contribution is -2.37. The van der Waals surface area contributed by atoms with E-state index >= 15 is 0 Å². The topological polar surface area (TPSA) is 119 Å². The Morgan fingerprint density at radius 1 is 1.65 bits per heavy atom. The third-order valence-corrected chi connectivity index (χ3v) is 3.05. The Bertz CT molecular complexity index is 482. The number of rotatable bonds is 6. The summed E-state index contributed by atoms with van der Waals surface area (Å²) >= 11 is 0. The molecule has 1 aliphatic rings. The lowest BCUT2D eigenvalue weighted by molar-refractivity contribution is -0.138. The monoisotopic (exact) mass is 282 g/mol. The molecule has 110 valence electrons. The molecule has 8 heteroatoms. The number of anilines is 1. The SMILES string of the molecule is NC(CC(=O)O)C(=O)Nc1cnn(CC2CCCO2)c1. The predicted octanol–water partition coefficient (Wildman–Crippen LogP) is -0.197. The Kier molecular flexibility index (Phi) is 4.70. The van der Waals surface area contributed by atoms with Gasteiger partial charge in [-0.25, -0.2) is 0 Å². The fourth-order valence-electron chi connectivity index (χ4n) is 2.04. The Labute approximate surface area is 115 Å². The molecule has 0 radical (unpaired) electrons. The zero-order valence-electron chi connectivity index (χ0n) is 11.0. The number of nitrogens with one attached hydrogen (secondary N) is 1. The van der Waals surface area contributed by atoms with Gasteiger partial charge in [-0.1, -0.05) is 0 Å². The third kappa shape index (κ3) is 4.04. The number of amides is 1. The lowest BCUT2D eigenvalue weighted by Gasteiger charge is -2.09. The van der Waals surface area contributed by atoms with Crippen molar-refractivity contribution in [2.45, 2.75) is 38.0 Å². The summed E-state index contributed by atoms with van der Waals surface area (Å²) in [5.74, 6) is -1.65. The molecule has 1 aromatic rings. The third-order valence-electron chi connectivity index (χ3n) is 3.05. The van der Waals surface area contributed by atoms with Gasteiger partial charge in [0.25, 0.3) is 0 Å².